The third-order valence-electron chi connectivity index (χ3n) is 2.03. The Morgan fingerprint density at radius 1 is 1.47 bits per heavy atom. The Kier molecular flexibility index (Phi) is 3.38. The van der Waals surface area contributed by atoms with Gasteiger partial charge in [-0.15, -0.1) is 0 Å². The summed E-state index contributed by atoms with van der Waals surface area (Å²) in [5.41, 5.74) is 5.84. The predicted molar refractivity (Wildman–Crippen MR) is 50.2 cm³/mol. The Hall–Kier alpha value is -1.04. The second-order valence-corrected chi connectivity index (χ2v) is 3.77. The highest BCUT2D eigenvalue weighted by Crippen LogP contribution is 2.27. The zero-order valence-electron chi connectivity index (χ0n) is 8.62. The van der Waals surface area contributed by atoms with Gasteiger partial charge in [0.2, 0.25) is 0 Å². The van der Waals surface area contributed by atoms with Gasteiger partial charge in [0.15, 0.2) is 0 Å². The van der Waals surface area contributed by atoms with Gasteiger partial charge in [0, 0.05) is 23.8 Å². The Labute approximate surface area is 86.1 Å². The molecule has 86 valence electrons. The molecule has 1 heterocycles. The molecule has 0 amide bonds. The lowest BCUT2D eigenvalue weighted by Gasteiger charge is -2.12. The molecule has 1 aromatic rings. The van der Waals surface area contributed by atoms with Crippen molar-refractivity contribution in [1.29, 1.82) is 0 Å². The number of nitrogens with zero attached hydrogens (tertiary/aromatic N) is 2. The standard InChI is InChI=1S/C9H14F3N3/c1-6(2)15-5-7(4-14-15)8(13)3-9(10,11)12/h4-6,8H,3,13H2,1-2H3/t8-/m0/s1. The summed E-state index contributed by atoms with van der Waals surface area (Å²) in [6, 6.07) is -0.908. The van der Waals surface area contributed by atoms with Crippen LogP contribution >= 0.6 is 0 Å². The number of nitrogens with two attached hydrogens (primary N) is 1. The summed E-state index contributed by atoms with van der Waals surface area (Å²) in [7, 11) is 0. The van der Waals surface area contributed by atoms with Gasteiger partial charge in [-0.3, -0.25) is 4.68 Å². The summed E-state index contributed by atoms with van der Waals surface area (Å²) < 4.78 is 37.7. The Morgan fingerprint density at radius 2 is 2.07 bits per heavy atom. The number of alkyl halides is 3. The minimum Gasteiger partial charge on any atom is -0.324 e. The summed E-state index contributed by atoms with van der Waals surface area (Å²) in [5, 5.41) is 3.94. The molecule has 0 aromatic carbocycles. The number of halogens is 3. The first-order chi connectivity index (χ1) is 6.79. The molecule has 1 rings (SSSR count). The smallest absolute Gasteiger partial charge is 0.324 e. The van der Waals surface area contributed by atoms with Crippen LogP contribution in [0.3, 0.4) is 0 Å². The topological polar surface area (TPSA) is 43.8 Å². The van der Waals surface area contributed by atoms with Gasteiger partial charge < -0.3 is 5.73 Å². The van der Waals surface area contributed by atoms with E-state index in [1.54, 1.807) is 10.9 Å². The lowest BCUT2D eigenvalue weighted by atomic mass is 10.1. The molecule has 3 nitrogen and oxygen atoms in total. The van der Waals surface area contributed by atoms with Crippen LogP contribution in [0.5, 0.6) is 0 Å². The van der Waals surface area contributed by atoms with Crippen LogP contribution in [0.25, 0.3) is 0 Å². The normalized spacial score (nSPS) is 14.6. The molecule has 0 aliphatic carbocycles. The third-order valence-corrected chi connectivity index (χ3v) is 2.03. The average molecular weight is 221 g/mol. The summed E-state index contributed by atoms with van der Waals surface area (Å²) in [4.78, 5) is 0. The van der Waals surface area contributed by atoms with Crippen molar-refractivity contribution in [2.45, 2.75) is 38.5 Å². The van der Waals surface area contributed by atoms with Crippen LogP contribution in [-0.2, 0) is 0 Å². The van der Waals surface area contributed by atoms with Crippen molar-refractivity contribution in [2.75, 3.05) is 0 Å². The van der Waals surface area contributed by atoms with Crippen molar-refractivity contribution in [3.63, 3.8) is 0 Å². The monoisotopic (exact) mass is 221 g/mol. The van der Waals surface area contributed by atoms with Gasteiger partial charge in [0.25, 0.3) is 0 Å². The second-order valence-electron chi connectivity index (χ2n) is 3.77. The van der Waals surface area contributed by atoms with Gasteiger partial charge in [-0.1, -0.05) is 0 Å². The van der Waals surface area contributed by atoms with Gasteiger partial charge in [-0.05, 0) is 13.8 Å². The van der Waals surface area contributed by atoms with Crippen LogP contribution in [0.2, 0.25) is 0 Å². The maximum Gasteiger partial charge on any atom is 0.390 e. The molecule has 0 radical (unpaired) electrons. The zero-order valence-corrected chi connectivity index (χ0v) is 8.62. The van der Waals surface area contributed by atoms with E-state index < -0.39 is 18.6 Å². The largest absolute Gasteiger partial charge is 0.390 e. The Balaban J connectivity index is 2.70. The van der Waals surface area contributed by atoms with E-state index in [1.165, 1.54) is 6.20 Å². The van der Waals surface area contributed by atoms with Gasteiger partial charge in [0.1, 0.15) is 0 Å². The molecule has 6 heteroatoms. The fourth-order valence-electron chi connectivity index (χ4n) is 1.19. The van der Waals surface area contributed by atoms with Crippen LogP contribution in [0.1, 0.15) is 37.9 Å². The van der Waals surface area contributed by atoms with E-state index in [-0.39, 0.29) is 6.04 Å². The van der Waals surface area contributed by atoms with E-state index in [2.05, 4.69) is 5.10 Å². The van der Waals surface area contributed by atoms with Crippen molar-refractivity contribution < 1.29 is 13.2 Å². The van der Waals surface area contributed by atoms with Crippen molar-refractivity contribution in [3.05, 3.63) is 18.0 Å². The van der Waals surface area contributed by atoms with Crippen LogP contribution in [0.15, 0.2) is 12.4 Å². The van der Waals surface area contributed by atoms with Crippen molar-refractivity contribution in [3.8, 4) is 0 Å². The van der Waals surface area contributed by atoms with E-state index in [9.17, 15) is 13.2 Å². The highest BCUT2D eigenvalue weighted by Gasteiger charge is 2.31. The fraction of sp³-hybridized carbons (Fsp3) is 0.667. The molecule has 0 unspecified atom stereocenters. The van der Waals surface area contributed by atoms with Gasteiger partial charge in [-0.2, -0.15) is 18.3 Å². The summed E-state index contributed by atoms with van der Waals surface area (Å²) in [5.74, 6) is 0. The maximum atomic E-state index is 12.0. The van der Waals surface area contributed by atoms with Gasteiger partial charge in [-0.25, -0.2) is 0 Å². The molecule has 0 spiro atoms. The maximum absolute atomic E-state index is 12.0. The number of hydrogen-bond acceptors (Lipinski definition) is 2. The molecule has 0 aliphatic rings. The minimum absolute atomic E-state index is 0.122. The zero-order chi connectivity index (χ0) is 11.6. The number of rotatable bonds is 3. The first-order valence-corrected chi connectivity index (χ1v) is 4.66. The SMILES string of the molecule is CC(C)n1cc([C@@H](N)CC(F)(F)F)cn1. The lowest BCUT2D eigenvalue weighted by Crippen LogP contribution is -2.19. The highest BCUT2D eigenvalue weighted by atomic mass is 19.4. The summed E-state index contributed by atoms with van der Waals surface area (Å²) in [6.45, 7) is 3.79. The molecular weight excluding hydrogens is 207 g/mol. The fourth-order valence-corrected chi connectivity index (χ4v) is 1.19. The molecule has 0 saturated heterocycles. The van der Waals surface area contributed by atoms with Crippen molar-refractivity contribution >= 4 is 0 Å². The predicted octanol–water partition coefficient (Wildman–Crippen LogP) is 2.42. The third kappa shape index (κ3) is 3.54. The van der Waals surface area contributed by atoms with Crippen molar-refractivity contribution in [2.24, 2.45) is 5.73 Å². The average Bonchev–Trinajstić information content (AvgIpc) is 2.47. The summed E-state index contributed by atoms with van der Waals surface area (Å²) >= 11 is 0. The van der Waals surface area contributed by atoms with Crippen LogP contribution < -0.4 is 5.73 Å². The Morgan fingerprint density at radius 3 is 2.47 bits per heavy atom. The van der Waals surface area contributed by atoms with E-state index in [4.69, 9.17) is 5.73 Å². The van der Waals surface area contributed by atoms with Gasteiger partial charge in [0.05, 0.1) is 12.6 Å². The van der Waals surface area contributed by atoms with Crippen LogP contribution in [0, 0.1) is 0 Å². The second kappa shape index (κ2) is 4.22. The minimum atomic E-state index is -4.24. The number of aromatic nitrogens is 2. The summed E-state index contributed by atoms with van der Waals surface area (Å²) in [6.07, 6.45) is -2.31. The molecule has 1 aromatic heterocycles. The van der Waals surface area contributed by atoms with Crippen LogP contribution in [0.4, 0.5) is 13.2 Å². The van der Waals surface area contributed by atoms with E-state index >= 15 is 0 Å². The molecule has 1 atom stereocenters. The quantitative estimate of drug-likeness (QED) is 0.851. The molecule has 0 aliphatic heterocycles. The lowest BCUT2D eigenvalue weighted by molar-refractivity contribution is -0.138. The first-order valence-electron chi connectivity index (χ1n) is 4.66. The first kappa shape index (κ1) is 12.0. The molecule has 2 N–H and O–H groups in total. The Bertz CT molecular complexity index is 317. The van der Waals surface area contributed by atoms with E-state index in [0.717, 1.165) is 0 Å². The van der Waals surface area contributed by atoms with Gasteiger partial charge >= 0.3 is 6.18 Å². The van der Waals surface area contributed by atoms with Crippen molar-refractivity contribution in [1.82, 2.24) is 9.78 Å². The highest BCUT2D eigenvalue weighted by molar-refractivity contribution is 5.10. The molecule has 15 heavy (non-hydrogen) atoms. The number of hydrogen-bond donors (Lipinski definition) is 1. The van der Waals surface area contributed by atoms with E-state index in [1.807, 2.05) is 13.8 Å². The molecule has 0 bridgehead atoms. The molecular formula is C9H14F3N3. The molecule has 0 saturated carbocycles. The van der Waals surface area contributed by atoms with E-state index in [0.29, 0.717) is 5.56 Å². The molecule has 0 fully saturated rings. The van der Waals surface area contributed by atoms with Crippen LogP contribution in [-0.4, -0.2) is 16.0 Å².